The highest BCUT2D eigenvalue weighted by atomic mass is 16.2. The van der Waals surface area contributed by atoms with Crippen LogP contribution in [0.5, 0.6) is 0 Å². The molecule has 0 aliphatic carbocycles. The quantitative estimate of drug-likeness (QED) is 0.901. The maximum atomic E-state index is 12.4. The van der Waals surface area contributed by atoms with Crippen LogP contribution < -0.4 is 5.73 Å². The molecule has 19 heavy (non-hydrogen) atoms. The lowest BCUT2D eigenvalue weighted by atomic mass is 9.85. The first-order valence-electron chi connectivity index (χ1n) is 6.97. The molecule has 1 aromatic rings. The minimum Gasteiger partial charge on any atom is -0.336 e. The number of likely N-dealkylation sites (tertiary alicyclic amines) is 1. The SMILES string of the molecule is CC1(C)C(N)CCCN1C(=O)CCc1cccnc1. The first kappa shape index (κ1) is 14.0. The average molecular weight is 261 g/mol. The third-order valence-electron chi connectivity index (χ3n) is 4.15. The van der Waals surface area contributed by atoms with E-state index in [1.165, 1.54) is 0 Å². The van der Waals surface area contributed by atoms with Crippen molar-refractivity contribution in [3.05, 3.63) is 30.1 Å². The van der Waals surface area contributed by atoms with Crippen molar-refractivity contribution in [3.63, 3.8) is 0 Å². The molecule has 0 radical (unpaired) electrons. The average Bonchev–Trinajstić information content (AvgIpc) is 2.40. The summed E-state index contributed by atoms with van der Waals surface area (Å²) < 4.78 is 0. The topological polar surface area (TPSA) is 59.2 Å². The van der Waals surface area contributed by atoms with Crippen molar-refractivity contribution in [1.29, 1.82) is 0 Å². The van der Waals surface area contributed by atoms with E-state index >= 15 is 0 Å². The molecule has 1 aromatic heterocycles. The Bertz CT molecular complexity index is 430. The van der Waals surface area contributed by atoms with E-state index < -0.39 is 0 Å². The van der Waals surface area contributed by atoms with Crippen molar-refractivity contribution in [2.45, 2.75) is 51.1 Å². The first-order valence-corrected chi connectivity index (χ1v) is 6.97. The molecule has 0 bridgehead atoms. The van der Waals surface area contributed by atoms with E-state index in [0.29, 0.717) is 6.42 Å². The van der Waals surface area contributed by atoms with Crippen molar-refractivity contribution in [1.82, 2.24) is 9.88 Å². The molecule has 1 atom stereocenters. The Balaban J connectivity index is 1.96. The van der Waals surface area contributed by atoms with Crippen LogP contribution in [-0.4, -0.2) is 33.9 Å². The van der Waals surface area contributed by atoms with Gasteiger partial charge in [-0.2, -0.15) is 0 Å². The van der Waals surface area contributed by atoms with Crippen molar-refractivity contribution >= 4 is 5.91 Å². The zero-order chi connectivity index (χ0) is 13.9. The van der Waals surface area contributed by atoms with E-state index in [0.717, 1.165) is 31.4 Å². The summed E-state index contributed by atoms with van der Waals surface area (Å²) in [6, 6.07) is 3.98. The summed E-state index contributed by atoms with van der Waals surface area (Å²) in [5.41, 5.74) is 7.02. The molecule has 1 saturated heterocycles. The fourth-order valence-electron chi connectivity index (χ4n) is 2.69. The summed E-state index contributed by atoms with van der Waals surface area (Å²) >= 11 is 0. The summed E-state index contributed by atoms with van der Waals surface area (Å²) in [5.74, 6) is 0.198. The number of aryl methyl sites for hydroxylation is 1. The van der Waals surface area contributed by atoms with Gasteiger partial charge in [0.2, 0.25) is 5.91 Å². The molecule has 2 heterocycles. The van der Waals surface area contributed by atoms with Crippen LogP contribution in [0.3, 0.4) is 0 Å². The number of aromatic nitrogens is 1. The Kier molecular flexibility index (Phi) is 4.20. The Hall–Kier alpha value is -1.42. The molecule has 0 spiro atoms. The minimum atomic E-state index is -0.232. The molecule has 4 heteroatoms. The highest BCUT2D eigenvalue weighted by Crippen LogP contribution is 2.27. The highest BCUT2D eigenvalue weighted by molar-refractivity contribution is 5.77. The molecule has 4 nitrogen and oxygen atoms in total. The van der Waals surface area contributed by atoms with Crippen LogP contribution in [0.1, 0.15) is 38.7 Å². The van der Waals surface area contributed by atoms with Gasteiger partial charge in [-0.1, -0.05) is 6.07 Å². The predicted octanol–water partition coefficient (Wildman–Crippen LogP) is 1.74. The second kappa shape index (κ2) is 5.70. The van der Waals surface area contributed by atoms with Gasteiger partial charge in [-0.3, -0.25) is 9.78 Å². The molecule has 104 valence electrons. The van der Waals surface area contributed by atoms with Gasteiger partial charge >= 0.3 is 0 Å². The van der Waals surface area contributed by atoms with E-state index in [-0.39, 0.29) is 17.5 Å². The first-order chi connectivity index (χ1) is 9.01. The normalized spacial score (nSPS) is 22.3. The van der Waals surface area contributed by atoms with Crippen LogP contribution >= 0.6 is 0 Å². The zero-order valence-corrected chi connectivity index (χ0v) is 11.8. The van der Waals surface area contributed by atoms with Gasteiger partial charge in [0, 0.05) is 31.4 Å². The Morgan fingerprint density at radius 2 is 2.37 bits per heavy atom. The Morgan fingerprint density at radius 1 is 1.58 bits per heavy atom. The molecule has 1 fully saturated rings. The van der Waals surface area contributed by atoms with Crippen LogP contribution in [0.25, 0.3) is 0 Å². The lowest BCUT2D eigenvalue weighted by molar-refractivity contribution is -0.139. The smallest absolute Gasteiger partial charge is 0.223 e. The Morgan fingerprint density at radius 3 is 3.05 bits per heavy atom. The van der Waals surface area contributed by atoms with E-state index in [9.17, 15) is 4.79 Å². The van der Waals surface area contributed by atoms with Crippen LogP contribution in [0.4, 0.5) is 0 Å². The predicted molar refractivity (Wildman–Crippen MR) is 75.6 cm³/mol. The van der Waals surface area contributed by atoms with Crippen LogP contribution in [-0.2, 0) is 11.2 Å². The van der Waals surface area contributed by atoms with Gasteiger partial charge in [0.1, 0.15) is 0 Å². The van der Waals surface area contributed by atoms with Crippen molar-refractivity contribution in [2.24, 2.45) is 5.73 Å². The van der Waals surface area contributed by atoms with Crippen LogP contribution in [0.2, 0.25) is 0 Å². The highest BCUT2D eigenvalue weighted by Gasteiger charge is 2.38. The second-order valence-corrected chi connectivity index (χ2v) is 5.81. The van der Waals surface area contributed by atoms with Gasteiger partial charge in [-0.05, 0) is 44.7 Å². The van der Waals surface area contributed by atoms with Crippen LogP contribution in [0, 0.1) is 0 Å². The molecule has 0 saturated carbocycles. The monoisotopic (exact) mass is 261 g/mol. The largest absolute Gasteiger partial charge is 0.336 e. The van der Waals surface area contributed by atoms with Crippen molar-refractivity contribution in [2.75, 3.05) is 6.54 Å². The van der Waals surface area contributed by atoms with Gasteiger partial charge in [-0.25, -0.2) is 0 Å². The second-order valence-electron chi connectivity index (χ2n) is 5.81. The lowest BCUT2D eigenvalue weighted by Gasteiger charge is -2.46. The molecule has 2 N–H and O–H groups in total. The molecule has 1 amide bonds. The van der Waals surface area contributed by atoms with Gasteiger partial charge in [0.25, 0.3) is 0 Å². The zero-order valence-electron chi connectivity index (χ0n) is 11.8. The number of carbonyl (C=O) groups excluding carboxylic acids is 1. The fraction of sp³-hybridized carbons (Fsp3) is 0.600. The molecule has 2 rings (SSSR count). The Labute approximate surface area is 115 Å². The number of nitrogens with two attached hydrogens (primary N) is 1. The fourth-order valence-corrected chi connectivity index (χ4v) is 2.69. The molecule has 0 aromatic carbocycles. The van der Waals surface area contributed by atoms with Crippen LogP contribution in [0.15, 0.2) is 24.5 Å². The summed E-state index contributed by atoms with van der Waals surface area (Å²) in [4.78, 5) is 18.4. The standard InChI is InChI=1S/C15H23N3O/c1-15(2)13(16)6-4-10-18(15)14(19)8-7-12-5-3-9-17-11-12/h3,5,9,11,13H,4,6-8,10,16H2,1-2H3. The molecule has 1 unspecified atom stereocenters. The molecule has 1 aliphatic rings. The van der Waals surface area contributed by atoms with Gasteiger partial charge in [0.05, 0.1) is 5.54 Å². The van der Waals surface area contributed by atoms with Gasteiger partial charge in [0.15, 0.2) is 0 Å². The summed E-state index contributed by atoms with van der Waals surface area (Å²) in [6.45, 7) is 4.96. The van der Waals surface area contributed by atoms with Gasteiger partial charge in [-0.15, -0.1) is 0 Å². The number of amides is 1. The number of hydrogen-bond acceptors (Lipinski definition) is 3. The number of carbonyl (C=O) groups is 1. The number of pyridine rings is 1. The number of nitrogens with zero attached hydrogens (tertiary/aromatic N) is 2. The summed E-state index contributed by atoms with van der Waals surface area (Å²) in [5, 5.41) is 0. The van der Waals surface area contributed by atoms with Crippen molar-refractivity contribution in [3.8, 4) is 0 Å². The number of piperidine rings is 1. The van der Waals surface area contributed by atoms with Crippen molar-refractivity contribution < 1.29 is 4.79 Å². The van der Waals surface area contributed by atoms with E-state index in [4.69, 9.17) is 5.73 Å². The summed E-state index contributed by atoms with van der Waals surface area (Å²) in [7, 11) is 0. The van der Waals surface area contributed by atoms with E-state index in [1.54, 1.807) is 6.20 Å². The van der Waals surface area contributed by atoms with Gasteiger partial charge < -0.3 is 10.6 Å². The maximum Gasteiger partial charge on any atom is 0.223 e. The van der Waals surface area contributed by atoms with E-state index in [1.807, 2.05) is 23.2 Å². The van der Waals surface area contributed by atoms with E-state index in [2.05, 4.69) is 18.8 Å². The third-order valence-corrected chi connectivity index (χ3v) is 4.15. The molecular formula is C15H23N3O. The maximum absolute atomic E-state index is 12.4. The third kappa shape index (κ3) is 3.13. The molecule has 1 aliphatic heterocycles. The molecular weight excluding hydrogens is 238 g/mol. The number of rotatable bonds is 3. The lowest BCUT2D eigenvalue weighted by Crippen LogP contribution is -2.61. The number of hydrogen-bond donors (Lipinski definition) is 1. The summed E-state index contributed by atoms with van der Waals surface area (Å²) in [6.07, 6.45) is 6.84. The minimum absolute atomic E-state index is 0.0728.